The molecule has 3 heterocycles. The molecule has 6 aromatic rings. The normalized spacial score (nSPS) is 20.6. The highest BCUT2D eigenvalue weighted by atomic mass is 32.1. The summed E-state index contributed by atoms with van der Waals surface area (Å²) in [5.74, 6) is 0. The van der Waals surface area contributed by atoms with Crippen molar-refractivity contribution in [2.24, 2.45) is 0 Å². The Morgan fingerprint density at radius 2 is 0.873 bits per heavy atom. The summed E-state index contributed by atoms with van der Waals surface area (Å²) in [5.41, 5.74) is 25.9. The highest BCUT2D eigenvalue weighted by molar-refractivity contribution is 7.20. The molecule has 4 heteroatoms. The Balaban J connectivity index is 1.31. The quantitative estimate of drug-likeness (QED) is 0.163. The van der Waals surface area contributed by atoms with Crippen molar-refractivity contribution in [3.63, 3.8) is 0 Å². The number of nitrogens with zero attached hydrogens (tertiary/aromatic N) is 2. The first-order valence-corrected chi connectivity index (χ1v) is 28.2. The fraction of sp³-hybridized carbons (Fsp3) is 0.493. The molecule has 11 rings (SSSR count). The van der Waals surface area contributed by atoms with E-state index in [1.165, 1.54) is 133 Å². The van der Waals surface area contributed by atoms with Crippen LogP contribution in [0, 0.1) is 6.92 Å². The van der Waals surface area contributed by atoms with Gasteiger partial charge < -0.3 is 9.80 Å². The van der Waals surface area contributed by atoms with Crippen LogP contribution < -0.4 is 26.2 Å². The zero-order chi connectivity index (χ0) is 51.1. The molecule has 0 unspecified atom stereocenters. The van der Waals surface area contributed by atoms with E-state index in [-0.39, 0.29) is 50.0 Å². The predicted molar refractivity (Wildman–Crippen MR) is 312 cm³/mol. The van der Waals surface area contributed by atoms with Gasteiger partial charge in [0.25, 0.3) is 6.71 Å². The summed E-state index contributed by atoms with van der Waals surface area (Å²) in [6, 6.07) is 35.3. The van der Waals surface area contributed by atoms with Crippen LogP contribution >= 0.6 is 11.3 Å². The molecule has 2 nitrogen and oxygen atoms in total. The Morgan fingerprint density at radius 1 is 0.451 bits per heavy atom. The van der Waals surface area contributed by atoms with Crippen molar-refractivity contribution in [2.75, 3.05) is 9.80 Å². The van der Waals surface area contributed by atoms with Crippen LogP contribution in [0.15, 0.2) is 84.9 Å². The lowest BCUT2D eigenvalue weighted by Crippen LogP contribution is -2.63. The molecule has 0 amide bonds. The molecule has 370 valence electrons. The van der Waals surface area contributed by atoms with E-state index in [1.54, 1.807) is 15.9 Å². The summed E-state index contributed by atoms with van der Waals surface area (Å²) < 4.78 is 0. The number of hydrogen-bond acceptors (Lipinski definition) is 3. The van der Waals surface area contributed by atoms with Crippen LogP contribution in [0.3, 0.4) is 0 Å². The molecule has 71 heavy (non-hydrogen) atoms. The molecule has 0 radical (unpaired) electrons. The monoisotopic (exact) mass is 959 g/mol. The summed E-state index contributed by atoms with van der Waals surface area (Å²) in [4.78, 5) is 7.05. The lowest BCUT2D eigenvalue weighted by molar-refractivity contribution is 0.332. The van der Waals surface area contributed by atoms with E-state index < -0.39 is 0 Å². The van der Waals surface area contributed by atoms with Crippen molar-refractivity contribution in [3.8, 4) is 11.1 Å². The van der Waals surface area contributed by atoms with E-state index in [2.05, 4.69) is 238 Å². The molecule has 1 aromatic heterocycles. The van der Waals surface area contributed by atoms with Gasteiger partial charge in [0.2, 0.25) is 0 Å². The third kappa shape index (κ3) is 7.42. The zero-order valence-corrected chi connectivity index (χ0v) is 48.0. The Kier molecular flexibility index (Phi) is 10.5. The van der Waals surface area contributed by atoms with Crippen LogP contribution in [0.5, 0.6) is 0 Å². The topological polar surface area (TPSA) is 6.48 Å². The minimum absolute atomic E-state index is 0.0185. The second-order valence-corrected chi connectivity index (χ2v) is 30.1. The van der Waals surface area contributed by atoms with Gasteiger partial charge in [-0.05, 0) is 203 Å². The van der Waals surface area contributed by atoms with E-state index in [0.29, 0.717) is 0 Å². The molecular formula is C67H83BN2S. The first kappa shape index (κ1) is 48.7. The third-order valence-corrected chi connectivity index (χ3v) is 20.6. The van der Waals surface area contributed by atoms with E-state index in [9.17, 15) is 0 Å². The maximum atomic E-state index is 2.74. The van der Waals surface area contributed by atoms with Crippen molar-refractivity contribution < 1.29 is 0 Å². The molecule has 5 aromatic carbocycles. The Morgan fingerprint density at radius 3 is 1.38 bits per heavy atom. The predicted octanol–water partition coefficient (Wildman–Crippen LogP) is 17.4. The molecule has 0 spiro atoms. The van der Waals surface area contributed by atoms with Gasteiger partial charge in [-0.1, -0.05) is 167 Å². The maximum Gasteiger partial charge on any atom is 0.253 e. The van der Waals surface area contributed by atoms with Crippen LogP contribution in [0.4, 0.5) is 33.4 Å². The van der Waals surface area contributed by atoms with E-state index in [1.807, 2.05) is 0 Å². The summed E-state index contributed by atoms with van der Waals surface area (Å²) in [7, 11) is 0. The van der Waals surface area contributed by atoms with Crippen LogP contribution in [0.1, 0.15) is 213 Å². The van der Waals surface area contributed by atoms with Crippen molar-refractivity contribution in [2.45, 2.75) is 213 Å². The summed E-state index contributed by atoms with van der Waals surface area (Å²) in [5, 5.41) is 1.42. The van der Waals surface area contributed by atoms with E-state index in [0.717, 1.165) is 0 Å². The number of anilines is 6. The van der Waals surface area contributed by atoms with Gasteiger partial charge in [0.05, 0.1) is 5.00 Å². The molecule has 5 aliphatic rings. The lowest BCUT2D eigenvalue weighted by Gasteiger charge is -2.48. The van der Waals surface area contributed by atoms with Gasteiger partial charge in [0.1, 0.15) is 0 Å². The number of thiophene rings is 1. The largest absolute Gasteiger partial charge is 0.311 e. The Labute approximate surface area is 434 Å². The van der Waals surface area contributed by atoms with Crippen LogP contribution in [0.2, 0.25) is 0 Å². The molecule has 0 bridgehead atoms. The van der Waals surface area contributed by atoms with Gasteiger partial charge in [-0.3, -0.25) is 0 Å². The molecule has 0 fully saturated rings. The Hall–Kier alpha value is -4.54. The van der Waals surface area contributed by atoms with Crippen molar-refractivity contribution in [1.29, 1.82) is 0 Å². The fourth-order valence-electron chi connectivity index (χ4n) is 13.8. The lowest BCUT2D eigenvalue weighted by atomic mass is 9.32. The van der Waals surface area contributed by atoms with Crippen molar-refractivity contribution in [3.05, 3.63) is 134 Å². The second-order valence-electron chi connectivity index (χ2n) is 29.1. The van der Waals surface area contributed by atoms with Gasteiger partial charge in [-0.2, -0.15) is 0 Å². The third-order valence-electron chi connectivity index (χ3n) is 19.0. The first-order valence-electron chi connectivity index (χ1n) is 27.3. The smallest absolute Gasteiger partial charge is 0.253 e. The molecular weight excluding hydrogens is 876 g/mol. The molecule has 0 saturated carbocycles. The standard InChI is InChI=1S/C67H83BN2S/c1-40-34-47-48(63(10,11)29-28-62(47,8)9)37-46(40)41-35-53-56-54(36-41)70(45-26-22-43(23-27-45)61(5,6)7)59-57(55-58(71-59)67(18,19)33-32-66(55,16)17)68(56)51-38-49-50(65(14,15)31-30-64(49,12)13)39-52(51)69(53)44-24-20-42(21-25-44)60(2,3)4/h20-27,34-39H,28-33H2,1-19H3. The average molecular weight is 959 g/mol. The minimum Gasteiger partial charge on any atom is -0.311 e. The number of hydrogen-bond donors (Lipinski definition) is 0. The number of fused-ring (bicyclic) bond motifs is 8. The van der Waals surface area contributed by atoms with Crippen LogP contribution in [-0.2, 0) is 43.3 Å². The average Bonchev–Trinajstić information content (AvgIpc) is 3.70. The van der Waals surface area contributed by atoms with E-state index >= 15 is 0 Å². The molecule has 0 N–H and O–H groups in total. The van der Waals surface area contributed by atoms with Gasteiger partial charge in [-0.25, -0.2) is 0 Å². The molecule has 2 aliphatic heterocycles. The van der Waals surface area contributed by atoms with Crippen molar-refractivity contribution >= 4 is 67.9 Å². The van der Waals surface area contributed by atoms with Gasteiger partial charge in [-0.15, -0.1) is 11.3 Å². The van der Waals surface area contributed by atoms with Gasteiger partial charge >= 0.3 is 0 Å². The SMILES string of the molecule is Cc1cc2c(cc1-c1cc3c4c(c1)N(c1ccc(C(C)(C)C)cc1)c1sc5c(c1B4c1cc4c(cc1N3c1ccc(C(C)(C)C)cc1)C(C)(C)CCC4(C)C)C(C)(C)CCC5(C)C)C(C)(C)CCC2(C)C. The fourth-order valence-corrected chi connectivity index (χ4v) is 15.5. The maximum absolute atomic E-state index is 2.74. The molecule has 3 aliphatic carbocycles. The van der Waals surface area contributed by atoms with Gasteiger partial charge in [0.15, 0.2) is 0 Å². The van der Waals surface area contributed by atoms with E-state index in [4.69, 9.17) is 0 Å². The molecule has 0 atom stereocenters. The summed E-state index contributed by atoms with van der Waals surface area (Å²) in [6.45, 7) is 46.6. The summed E-state index contributed by atoms with van der Waals surface area (Å²) >= 11 is 2.11. The van der Waals surface area contributed by atoms with Crippen LogP contribution in [0.25, 0.3) is 11.1 Å². The number of rotatable bonds is 3. The highest BCUT2D eigenvalue weighted by Crippen LogP contribution is 2.57. The number of benzene rings is 5. The molecule has 0 saturated heterocycles. The van der Waals surface area contributed by atoms with Crippen LogP contribution in [-0.4, -0.2) is 6.71 Å². The van der Waals surface area contributed by atoms with Crippen molar-refractivity contribution in [1.82, 2.24) is 0 Å². The summed E-state index contributed by atoms with van der Waals surface area (Å²) in [6.07, 6.45) is 7.13. The second kappa shape index (κ2) is 15.3. The number of aryl methyl sites for hydroxylation is 1. The van der Waals surface area contributed by atoms with Gasteiger partial charge in [0, 0.05) is 33.3 Å². The minimum atomic E-state index is 0.0185. The Bertz CT molecular complexity index is 3170. The first-order chi connectivity index (χ1) is 32.8. The highest BCUT2D eigenvalue weighted by Gasteiger charge is 2.52. The zero-order valence-electron chi connectivity index (χ0n) is 47.2.